The van der Waals surface area contributed by atoms with Crippen molar-refractivity contribution in [2.75, 3.05) is 0 Å². The fourth-order valence-electron chi connectivity index (χ4n) is 1.66. The SMILES string of the molecule is C=CCCCCCCCC/C=C/CCC. The first-order valence-electron chi connectivity index (χ1n) is 6.67. The Morgan fingerprint density at radius 3 is 1.87 bits per heavy atom. The van der Waals surface area contributed by atoms with Gasteiger partial charge in [0.1, 0.15) is 0 Å². The van der Waals surface area contributed by atoms with E-state index >= 15 is 0 Å². The fourth-order valence-corrected chi connectivity index (χ4v) is 1.66. The molecule has 0 aliphatic rings. The van der Waals surface area contributed by atoms with Gasteiger partial charge in [0.15, 0.2) is 0 Å². The first kappa shape index (κ1) is 14.5. The van der Waals surface area contributed by atoms with Gasteiger partial charge in [-0.2, -0.15) is 0 Å². The van der Waals surface area contributed by atoms with Crippen molar-refractivity contribution in [3.8, 4) is 0 Å². The minimum atomic E-state index is 1.19. The van der Waals surface area contributed by atoms with Gasteiger partial charge in [0.2, 0.25) is 0 Å². The van der Waals surface area contributed by atoms with Crippen molar-refractivity contribution in [2.45, 2.75) is 71.1 Å². The molecule has 0 heteroatoms. The van der Waals surface area contributed by atoms with Gasteiger partial charge in [0, 0.05) is 0 Å². The van der Waals surface area contributed by atoms with Crippen LogP contribution < -0.4 is 0 Å². The minimum Gasteiger partial charge on any atom is -0.103 e. The van der Waals surface area contributed by atoms with Gasteiger partial charge < -0.3 is 0 Å². The first-order valence-corrected chi connectivity index (χ1v) is 6.67. The molecule has 0 aromatic heterocycles. The van der Waals surface area contributed by atoms with Crippen LogP contribution in [0.25, 0.3) is 0 Å². The number of hydrogen-bond donors (Lipinski definition) is 0. The molecule has 0 aliphatic heterocycles. The molecule has 15 heavy (non-hydrogen) atoms. The smallest absolute Gasteiger partial charge is 0.0351 e. The van der Waals surface area contributed by atoms with E-state index in [4.69, 9.17) is 0 Å². The van der Waals surface area contributed by atoms with Crippen LogP contribution in [0.1, 0.15) is 71.1 Å². The second-order valence-corrected chi connectivity index (χ2v) is 4.25. The molecule has 0 bridgehead atoms. The lowest BCUT2D eigenvalue weighted by molar-refractivity contribution is 0.600. The lowest BCUT2D eigenvalue weighted by Crippen LogP contribution is -1.79. The molecule has 0 aromatic carbocycles. The Bertz CT molecular complexity index is 144. The molecular formula is C15H28. The van der Waals surface area contributed by atoms with Gasteiger partial charge in [-0.1, -0.05) is 57.3 Å². The summed E-state index contributed by atoms with van der Waals surface area (Å²) in [5.41, 5.74) is 0. The Morgan fingerprint density at radius 2 is 1.27 bits per heavy atom. The van der Waals surface area contributed by atoms with Crippen LogP contribution in [0, 0.1) is 0 Å². The summed E-state index contributed by atoms with van der Waals surface area (Å²) >= 11 is 0. The summed E-state index contributed by atoms with van der Waals surface area (Å²) in [4.78, 5) is 0. The monoisotopic (exact) mass is 208 g/mol. The number of unbranched alkanes of at least 4 members (excludes halogenated alkanes) is 8. The van der Waals surface area contributed by atoms with E-state index in [-0.39, 0.29) is 0 Å². The van der Waals surface area contributed by atoms with E-state index in [9.17, 15) is 0 Å². The van der Waals surface area contributed by atoms with Crippen molar-refractivity contribution in [3.05, 3.63) is 24.8 Å². The summed E-state index contributed by atoms with van der Waals surface area (Å²) in [6.07, 6.45) is 20.0. The topological polar surface area (TPSA) is 0 Å². The molecule has 0 heterocycles. The van der Waals surface area contributed by atoms with E-state index < -0.39 is 0 Å². The molecule has 0 amide bonds. The molecule has 0 N–H and O–H groups in total. The predicted octanol–water partition coefficient (Wildman–Crippen LogP) is 5.65. The Hall–Kier alpha value is -0.520. The van der Waals surface area contributed by atoms with Crippen LogP contribution >= 0.6 is 0 Å². The zero-order chi connectivity index (χ0) is 11.2. The quantitative estimate of drug-likeness (QED) is 0.304. The van der Waals surface area contributed by atoms with Crippen molar-refractivity contribution in [1.29, 1.82) is 0 Å². The highest BCUT2D eigenvalue weighted by atomic mass is 14.0. The average Bonchev–Trinajstić information content (AvgIpc) is 2.26. The maximum Gasteiger partial charge on any atom is -0.0351 e. The summed E-state index contributed by atoms with van der Waals surface area (Å²) in [6.45, 7) is 5.97. The lowest BCUT2D eigenvalue weighted by Gasteiger charge is -1.98. The lowest BCUT2D eigenvalue weighted by atomic mass is 10.1. The second kappa shape index (κ2) is 13.5. The summed E-state index contributed by atoms with van der Waals surface area (Å²) < 4.78 is 0. The number of hydrogen-bond acceptors (Lipinski definition) is 0. The zero-order valence-corrected chi connectivity index (χ0v) is 10.5. The molecule has 0 rings (SSSR count). The predicted molar refractivity (Wildman–Crippen MR) is 71.2 cm³/mol. The van der Waals surface area contributed by atoms with E-state index in [0.29, 0.717) is 0 Å². The summed E-state index contributed by atoms with van der Waals surface area (Å²) in [7, 11) is 0. The van der Waals surface area contributed by atoms with Gasteiger partial charge >= 0.3 is 0 Å². The third-order valence-corrected chi connectivity index (χ3v) is 2.65. The minimum absolute atomic E-state index is 1.19. The highest BCUT2D eigenvalue weighted by Gasteiger charge is 1.89. The largest absolute Gasteiger partial charge is 0.103 e. The molecule has 0 aromatic rings. The van der Waals surface area contributed by atoms with Gasteiger partial charge in [-0.15, -0.1) is 6.58 Å². The summed E-state index contributed by atoms with van der Waals surface area (Å²) in [5.74, 6) is 0. The van der Waals surface area contributed by atoms with E-state index in [0.717, 1.165) is 0 Å². The Kier molecular flexibility index (Phi) is 13.0. The van der Waals surface area contributed by atoms with Crippen LogP contribution in [0.3, 0.4) is 0 Å². The molecule has 88 valence electrons. The molecule has 0 aliphatic carbocycles. The van der Waals surface area contributed by atoms with E-state index in [1.54, 1.807) is 0 Å². The van der Waals surface area contributed by atoms with E-state index in [1.807, 2.05) is 6.08 Å². The Morgan fingerprint density at radius 1 is 0.733 bits per heavy atom. The fraction of sp³-hybridized carbons (Fsp3) is 0.733. The van der Waals surface area contributed by atoms with Crippen LogP contribution in [-0.2, 0) is 0 Å². The third kappa shape index (κ3) is 13.5. The second-order valence-electron chi connectivity index (χ2n) is 4.25. The Labute approximate surface area is 96.5 Å². The maximum atomic E-state index is 3.74. The molecule has 0 saturated heterocycles. The van der Waals surface area contributed by atoms with E-state index in [1.165, 1.54) is 64.2 Å². The van der Waals surface area contributed by atoms with Gasteiger partial charge in [-0.25, -0.2) is 0 Å². The zero-order valence-electron chi connectivity index (χ0n) is 10.5. The summed E-state index contributed by atoms with van der Waals surface area (Å²) in [6, 6.07) is 0. The summed E-state index contributed by atoms with van der Waals surface area (Å²) in [5, 5.41) is 0. The van der Waals surface area contributed by atoms with Crippen LogP contribution in [-0.4, -0.2) is 0 Å². The van der Waals surface area contributed by atoms with Crippen LogP contribution in [0.15, 0.2) is 24.8 Å². The normalized spacial score (nSPS) is 11.0. The molecule has 0 radical (unpaired) electrons. The van der Waals surface area contributed by atoms with Crippen molar-refractivity contribution in [3.63, 3.8) is 0 Å². The molecule has 0 nitrogen and oxygen atoms in total. The van der Waals surface area contributed by atoms with Crippen LogP contribution in [0.5, 0.6) is 0 Å². The number of allylic oxidation sites excluding steroid dienone is 3. The van der Waals surface area contributed by atoms with Crippen LogP contribution in [0.2, 0.25) is 0 Å². The molecule has 0 spiro atoms. The van der Waals surface area contributed by atoms with Crippen molar-refractivity contribution in [1.82, 2.24) is 0 Å². The Balaban J connectivity index is 2.95. The average molecular weight is 208 g/mol. The van der Waals surface area contributed by atoms with Gasteiger partial charge in [0.05, 0.1) is 0 Å². The number of rotatable bonds is 11. The van der Waals surface area contributed by atoms with Crippen LogP contribution in [0.4, 0.5) is 0 Å². The highest BCUT2D eigenvalue weighted by molar-refractivity contribution is 4.80. The van der Waals surface area contributed by atoms with Gasteiger partial charge in [-0.3, -0.25) is 0 Å². The standard InChI is InChI=1S/C15H28/c1-3-5-7-9-11-13-15-14-12-10-8-6-4-2/h3,8,10H,1,4-7,9,11-15H2,2H3/b10-8+. The molecule has 0 fully saturated rings. The maximum absolute atomic E-state index is 3.74. The molecular weight excluding hydrogens is 180 g/mol. The van der Waals surface area contributed by atoms with E-state index in [2.05, 4.69) is 25.7 Å². The molecule has 0 saturated carbocycles. The molecule has 0 atom stereocenters. The first-order chi connectivity index (χ1) is 7.41. The molecule has 0 unspecified atom stereocenters. The van der Waals surface area contributed by atoms with Crippen molar-refractivity contribution in [2.24, 2.45) is 0 Å². The van der Waals surface area contributed by atoms with Crippen molar-refractivity contribution >= 4 is 0 Å². The van der Waals surface area contributed by atoms with Crippen molar-refractivity contribution < 1.29 is 0 Å². The third-order valence-electron chi connectivity index (χ3n) is 2.65. The highest BCUT2D eigenvalue weighted by Crippen LogP contribution is 2.09. The van der Waals surface area contributed by atoms with Gasteiger partial charge in [0.25, 0.3) is 0 Å². The van der Waals surface area contributed by atoms with Gasteiger partial charge in [-0.05, 0) is 32.1 Å².